The number of rotatable bonds is 5. The third kappa shape index (κ3) is 2.63. The Balaban J connectivity index is 3.12. The predicted octanol–water partition coefficient (Wildman–Crippen LogP) is 0.544. The van der Waals surface area contributed by atoms with E-state index in [-0.39, 0.29) is 17.6 Å². The minimum Gasteiger partial charge on any atom is -0.476 e. The van der Waals surface area contributed by atoms with E-state index in [1.807, 2.05) is 6.92 Å². The van der Waals surface area contributed by atoms with Gasteiger partial charge in [-0.25, -0.2) is 4.98 Å². The number of nitro groups is 1. The maximum atomic E-state index is 10.9. The van der Waals surface area contributed by atoms with Gasteiger partial charge in [0.05, 0.1) is 12.0 Å². The highest BCUT2D eigenvalue weighted by Gasteiger charge is 2.24. The van der Waals surface area contributed by atoms with Crippen molar-refractivity contribution < 1.29 is 9.66 Å². The van der Waals surface area contributed by atoms with Gasteiger partial charge in [0, 0.05) is 12.5 Å². The fourth-order valence-electron chi connectivity index (χ4n) is 1.27. The lowest BCUT2D eigenvalue weighted by Crippen LogP contribution is -2.24. The van der Waals surface area contributed by atoms with Crippen molar-refractivity contribution in [1.29, 1.82) is 0 Å². The molecule has 7 nitrogen and oxygen atoms in total. The molecule has 0 saturated heterocycles. The van der Waals surface area contributed by atoms with E-state index in [1.54, 1.807) is 7.05 Å². The molecule has 1 aromatic heterocycles. The molecule has 0 aliphatic carbocycles. The van der Waals surface area contributed by atoms with Gasteiger partial charge < -0.3 is 10.1 Å². The van der Waals surface area contributed by atoms with Gasteiger partial charge in [0.25, 0.3) is 5.88 Å². The maximum Gasteiger partial charge on any atom is 0.352 e. The Morgan fingerprint density at radius 3 is 2.81 bits per heavy atom. The first-order valence-electron chi connectivity index (χ1n) is 4.79. The summed E-state index contributed by atoms with van der Waals surface area (Å²) in [6.45, 7) is 1.91. The number of likely N-dealkylation sites (N-methyl/N-ethyl adjacent to an activating group) is 1. The quantitative estimate of drug-likeness (QED) is 0.582. The zero-order valence-corrected chi connectivity index (χ0v) is 9.43. The molecule has 0 aliphatic rings. The van der Waals surface area contributed by atoms with Gasteiger partial charge in [0.2, 0.25) is 0 Å². The second-order valence-corrected chi connectivity index (χ2v) is 3.33. The monoisotopic (exact) mass is 226 g/mol. The summed E-state index contributed by atoms with van der Waals surface area (Å²) in [5, 5.41) is 13.9. The first kappa shape index (κ1) is 12.3. The molecule has 7 heteroatoms. The van der Waals surface area contributed by atoms with E-state index >= 15 is 0 Å². The van der Waals surface area contributed by atoms with Crippen LogP contribution in [0.3, 0.4) is 0 Å². The summed E-state index contributed by atoms with van der Waals surface area (Å²) in [7, 11) is 3.13. The Morgan fingerprint density at radius 2 is 2.31 bits per heavy atom. The fraction of sp³-hybridized carbons (Fsp3) is 0.556. The normalized spacial score (nSPS) is 12.2. The molecule has 0 spiro atoms. The Morgan fingerprint density at radius 1 is 1.62 bits per heavy atom. The SMILES string of the molecule is CNC(C)Cc1ncnc(OC)c1[N+](=O)[O-]. The summed E-state index contributed by atoms with van der Waals surface area (Å²) < 4.78 is 4.85. The lowest BCUT2D eigenvalue weighted by Gasteiger charge is -2.10. The summed E-state index contributed by atoms with van der Waals surface area (Å²) in [6, 6.07) is 0.0957. The lowest BCUT2D eigenvalue weighted by atomic mass is 10.1. The van der Waals surface area contributed by atoms with Crippen LogP contribution >= 0.6 is 0 Å². The van der Waals surface area contributed by atoms with Crippen LogP contribution in [0, 0.1) is 10.1 Å². The molecule has 0 aliphatic heterocycles. The van der Waals surface area contributed by atoms with Gasteiger partial charge in [-0.05, 0) is 14.0 Å². The number of ether oxygens (including phenoxy) is 1. The summed E-state index contributed by atoms with van der Waals surface area (Å²) >= 11 is 0. The highest BCUT2D eigenvalue weighted by molar-refractivity contribution is 5.44. The molecule has 0 amide bonds. The Bertz CT molecular complexity index is 383. The molecule has 0 aromatic carbocycles. The highest BCUT2D eigenvalue weighted by Crippen LogP contribution is 2.27. The molecule has 0 fully saturated rings. The first-order chi connectivity index (χ1) is 7.60. The number of nitrogens with one attached hydrogen (secondary N) is 1. The molecule has 0 saturated carbocycles. The van der Waals surface area contributed by atoms with E-state index in [0.29, 0.717) is 12.1 Å². The average molecular weight is 226 g/mol. The lowest BCUT2D eigenvalue weighted by molar-refractivity contribution is -0.387. The molecular formula is C9H14N4O3. The van der Waals surface area contributed by atoms with Crippen LogP contribution in [-0.2, 0) is 6.42 Å². The smallest absolute Gasteiger partial charge is 0.352 e. The van der Waals surface area contributed by atoms with Crippen molar-refractivity contribution in [2.24, 2.45) is 0 Å². The Hall–Kier alpha value is -1.76. The Labute approximate surface area is 93.0 Å². The topological polar surface area (TPSA) is 90.2 Å². The average Bonchev–Trinajstić information content (AvgIpc) is 2.28. The molecule has 1 heterocycles. The minimum absolute atomic E-state index is 0.00157. The summed E-state index contributed by atoms with van der Waals surface area (Å²) in [4.78, 5) is 18.0. The standard InChI is InChI=1S/C9H14N4O3/c1-6(10-2)4-7-8(13(14)15)9(16-3)12-5-11-7/h5-6,10H,4H2,1-3H3. The molecule has 1 atom stereocenters. The summed E-state index contributed by atoms with van der Waals surface area (Å²) in [6.07, 6.45) is 1.72. The van der Waals surface area contributed by atoms with Crippen LogP contribution in [0.25, 0.3) is 0 Å². The zero-order chi connectivity index (χ0) is 12.1. The third-order valence-electron chi connectivity index (χ3n) is 2.23. The second-order valence-electron chi connectivity index (χ2n) is 3.33. The molecule has 88 valence electrons. The molecule has 1 aromatic rings. The number of hydrogen-bond donors (Lipinski definition) is 1. The molecule has 1 rings (SSSR count). The third-order valence-corrected chi connectivity index (χ3v) is 2.23. The number of hydrogen-bond acceptors (Lipinski definition) is 6. The summed E-state index contributed by atoms with van der Waals surface area (Å²) in [5.41, 5.74) is 0.214. The van der Waals surface area contributed by atoms with E-state index in [1.165, 1.54) is 13.4 Å². The van der Waals surface area contributed by atoms with Crippen LogP contribution in [0.4, 0.5) is 5.69 Å². The van der Waals surface area contributed by atoms with Crippen molar-refractivity contribution in [1.82, 2.24) is 15.3 Å². The molecule has 1 N–H and O–H groups in total. The van der Waals surface area contributed by atoms with E-state index in [9.17, 15) is 10.1 Å². The van der Waals surface area contributed by atoms with Gasteiger partial charge in [-0.3, -0.25) is 10.1 Å². The second kappa shape index (κ2) is 5.36. The minimum atomic E-state index is -0.517. The van der Waals surface area contributed by atoms with Crippen molar-refractivity contribution in [3.05, 3.63) is 22.1 Å². The van der Waals surface area contributed by atoms with Crippen molar-refractivity contribution in [3.8, 4) is 5.88 Å². The summed E-state index contributed by atoms with van der Waals surface area (Å²) in [5.74, 6) is -0.00157. The van der Waals surface area contributed by atoms with Crippen LogP contribution in [-0.4, -0.2) is 35.1 Å². The maximum absolute atomic E-state index is 10.9. The molecule has 0 bridgehead atoms. The van der Waals surface area contributed by atoms with Gasteiger partial charge in [0.1, 0.15) is 12.0 Å². The van der Waals surface area contributed by atoms with E-state index < -0.39 is 4.92 Å². The van der Waals surface area contributed by atoms with Gasteiger partial charge in [-0.2, -0.15) is 4.98 Å². The van der Waals surface area contributed by atoms with Crippen LogP contribution in [0.1, 0.15) is 12.6 Å². The largest absolute Gasteiger partial charge is 0.476 e. The predicted molar refractivity (Wildman–Crippen MR) is 57.5 cm³/mol. The van der Waals surface area contributed by atoms with E-state index in [0.717, 1.165) is 0 Å². The van der Waals surface area contributed by atoms with Gasteiger partial charge in [-0.15, -0.1) is 0 Å². The van der Waals surface area contributed by atoms with Crippen molar-refractivity contribution in [2.75, 3.05) is 14.2 Å². The highest BCUT2D eigenvalue weighted by atomic mass is 16.6. The first-order valence-corrected chi connectivity index (χ1v) is 4.79. The number of nitrogens with zero attached hydrogens (tertiary/aromatic N) is 3. The van der Waals surface area contributed by atoms with E-state index in [2.05, 4.69) is 15.3 Å². The van der Waals surface area contributed by atoms with Crippen molar-refractivity contribution in [2.45, 2.75) is 19.4 Å². The molecule has 1 unspecified atom stereocenters. The van der Waals surface area contributed by atoms with E-state index in [4.69, 9.17) is 4.74 Å². The number of aromatic nitrogens is 2. The van der Waals surface area contributed by atoms with Crippen LogP contribution in [0.5, 0.6) is 5.88 Å². The van der Waals surface area contributed by atoms with Gasteiger partial charge in [-0.1, -0.05) is 0 Å². The van der Waals surface area contributed by atoms with Crippen LogP contribution in [0.15, 0.2) is 6.33 Å². The number of methoxy groups -OCH3 is 1. The Kier molecular flexibility index (Phi) is 4.12. The van der Waals surface area contributed by atoms with Crippen LogP contribution in [0.2, 0.25) is 0 Å². The molecule has 0 radical (unpaired) electrons. The molecule has 16 heavy (non-hydrogen) atoms. The van der Waals surface area contributed by atoms with Gasteiger partial charge in [0.15, 0.2) is 0 Å². The van der Waals surface area contributed by atoms with Crippen LogP contribution < -0.4 is 10.1 Å². The fourth-order valence-corrected chi connectivity index (χ4v) is 1.27. The van der Waals surface area contributed by atoms with Gasteiger partial charge >= 0.3 is 5.69 Å². The molecular weight excluding hydrogens is 212 g/mol. The van der Waals surface area contributed by atoms with Crippen molar-refractivity contribution >= 4 is 5.69 Å². The zero-order valence-electron chi connectivity index (χ0n) is 9.43. The van der Waals surface area contributed by atoms with Crippen molar-refractivity contribution in [3.63, 3.8) is 0 Å².